The molecule has 1 unspecified atom stereocenters. The fourth-order valence-electron chi connectivity index (χ4n) is 2.57. The van der Waals surface area contributed by atoms with E-state index in [2.05, 4.69) is 0 Å². The van der Waals surface area contributed by atoms with Crippen LogP contribution in [-0.2, 0) is 4.74 Å². The molecule has 1 aliphatic heterocycles. The predicted molar refractivity (Wildman–Crippen MR) is 51.6 cm³/mol. The van der Waals surface area contributed by atoms with Gasteiger partial charge >= 0.3 is 0 Å². The summed E-state index contributed by atoms with van der Waals surface area (Å²) in [6.45, 7) is 1.86. The third-order valence-electron chi connectivity index (χ3n) is 3.58. The zero-order valence-corrected chi connectivity index (χ0v) is 8.30. The normalized spacial score (nSPS) is 32.5. The lowest BCUT2D eigenvalue weighted by Gasteiger charge is -2.23. The van der Waals surface area contributed by atoms with E-state index in [1.165, 1.54) is 19.3 Å². The molecule has 1 aliphatic carbocycles. The summed E-state index contributed by atoms with van der Waals surface area (Å²) in [5, 5.41) is 10.1. The highest BCUT2D eigenvalue weighted by Crippen LogP contribution is 2.35. The fourth-order valence-corrected chi connectivity index (χ4v) is 2.57. The molecule has 2 aliphatic rings. The summed E-state index contributed by atoms with van der Waals surface area (Å²) in [4.78, 5) is 0. The molecule has 0 bridgehead atoms. The highest BCUT2D eigenvalue weighted by molar-refractivity contribution is 4.85. The van der Waals surface area contributed by atoms with Crippen LogP contribution in [0.15, 0.2) is 0 Å². The first kappa shape index (κ1) is 9.47. The van der Waals surface area contributed by atoms with Crippen LogP contribution in [0.25, 0.3) is 0 Å². The maximum Gasteiger partial charge on any atom is 0.0648 e. The number of hydrogen-bond donors (Lipinski definition) is 1. The van der Waals surface area contributed by atoms with Gasteiger partial charge in [-0.25, -0.2) is 0 Å². The van der Waals surface area contributed by atoms with E-state index in [0.717, 1.165) is 44.8 Å². The Kier molecular flexibility index (Phi) is 2.89. The van der Waals surface area contributed by atoms with Crippen LogP contribution in [0.4, 0.5) is 0 Å². The Morgan fingerprint density at radius 3 is 2.69 bits per heavy atom. The average molecular weight is 184 g/mol. The minimum atomic E-state index is -0.303. The van der Waals surface area contributed by atoms with Crippen LogP contribution in [0.2, 0.25) is 0 Å². The Bertz CT molecular complexity index is 155. The third-order valence-corrected chi connectivity index (χ3v) is 3.58. The van der Waals surface area contributed by atoms with E-state index in [1.807, 2.05) is 0 Å². The van der Waals surface area contributed by atoms with Gasteiger partial charge in [-0.2, -0.15) is 0 Å². The first-order valence-electron chi connectivity index (χ1n) is 5.59. The maximum absolute atomic E-state index is 10.1. The van der Waals surface area contributed by atoms with E-state index in [0.29, 0.717) is 0 Å². The topological polar surface area (TPSA) is 29.5 Å². The molecular weight excluding hydrogens is 164 g/mol. The molecule has 76 valence electrons. The average Bonchev–Trinajstić information content (AvgIpc) is 2.72. The van der Waals surface area contributed by atoms with Crippen molar-refractivity contribution in [2.45, 2.75) is 50.5 Å². The molecule has 0 amide bonds. The van der Waals surface area contributed by atoms with Gasteiger partial charge < -0.3 is 9.84 Å². The van der Waals surface area contributed by atoms with Gasteiger partial charge in [0, 0.05) is 13.2 Å². The molecule has 0 aromatic heterocycles. The van der Waals surface area contributed by atoms with Gasteiger partial charge in [0.25, 0.3) is 0 Å². The van der Waals surface area contributed by atoms with Crippen molar-refractivity contribution in [2.24, 2.45) is 5.92 Å². The van der Waals surface area contributed by atoms with Crippen molar-refractivity contribution in [1.82, 2.24) is 0 Å². The van der Waals surface area contributed by atoms with Crippen LogP contribution < -0.4 is 0 Å². The van der Waals surface area contributed by atoms with Crippen molar-refractivity contribution in [2.75, 3.05) is 13.2 Å². The number of hydrogen-bond acceptors (Lipinski definition) is 2. The molecule has 2 fully saturated rings. The number of aliphatic hydroxyl groups is 1. The van der Waals surface area contributed by atoms with Crippen LogP contribution in [0.5, 0.6) is 0 Å². The van der Waals surface area contributed by atoms with E-state index < -0.39 is 0 Å². The molecule has 0 radical (unpaired) electrons. The molecule has 1 heterocycles. The van der Waals surface area contributed by atoms with Crippen LogP contribution in [0.1, 0.15) is 44.9 Å². The molecule has 1 saturated heterocycles. The second-order valence-electron chi connectivity index (χ2n) is 4.70. The standard InChI is InChI=1S/C11H20O2/c12-11(5-1-2-6-11)7-3-10-4-8-13-9-10/h10,12H,1-9H2. The lowest BCUT2D eigenvalue weighted by Crippen LogP contribution is -2.24. The molecule has 1 saturated carbocycles. The zero-order valence-electron chi connectivity index (χ0n) is 8.30. The number of rotatable bonds is 3. The summed E-state index contributed by atoms with van der Waals surface area (Å²) < 4.78 is 5.32. The lowest BCUT2D eigenvalue weighted by atomic mass is 9.90. The molecule has 2 nitrogen and oxygen atoms in total. The molecule has 1 atom stereocenters. The summed E-state index contributed by atoms with van der Waals surface area (Å²) >= 11 is 0. The molecular formula is C11H20O2. The SMILES string of the molecule is OC1(CCC2CCOC2)CCCC1. The fraction of sp³-hybridized carbons (Fsp3) is 1.00. The quantitative estimate of drug-likeness (QED) is 0.728. The summed E-state index contributed by atoms with van der Waals surface area (Å²) in [6.07, 6.45) is 7.87. The van der Waals surface area contributed by atoms with Gasteiger partial charge in [-0.05, 0) is 38.0 Å². The molecule has 13 heavy (non-hydrogen) atoms. The van der Waals surface area contributed by atoms with E-state index in [4.69, 9.17) is 4.74 Å². The van der Waals surface area contributed by atoms with Crippen molar-refractivity contribution in [3.63, 3.8) is 0 Å². The lowest BCUT2D eigenvalue weighted by molar-refractivity contribution is 0.0317. The van der Waals surface area contributed by atoms with Gasteiger partial charge in [0.05, 0.1) is 5.60 Å². The van der Waals surface area contributed by atoms with Crippen molar-refractivity contribution in [3.8, 4) is 0 Å². The summed E-state index contributed by atoms with van der Waals surface area (Å²) in [5.74, 6) is 0.727. The Morgan fingerprint density at radius 1 is 1.31 bits per heavy atom. The minimum Gasteiger partial charge on any atom is -0.390 e. The highest BCUT2D eigenvalue weighted by Gasteiger charge is 2.31. The number of ether oxygens (including phenoxy) is 1. The summed E-state index contributed by atoms with van der Waals surface area (Å²) in [6, 6.07) is 0. The summed E-state index contributed by atoms with van der Waals surface area (Å²) in [5.41, 5.74) is -0.303. The molecule has 0 aromatic rings. The van der Waals surface area contributed by atoms with Crippen LogP contribution in [0.3, 0.4) is 0 Å². The molecule has 2 rings (SSSR count). The Morgan fingerprint density at radius 2 is 2.08 bits per heavy atom. The molecule has 0 spiro atoms. The van der Waals surface area contributed by atoms with E-state index in [-0.39, 0.29) is 5.60 Å². The van der Waals surface area contributed by atoms with Crippen LogP contribution in [0, 0.1) is 5.92 Å². The van der Waals surface area contributed by atoms with Gasteiger partial charge in [0.15, 0.2) is 0 Å². The smallest absolute Gasteiger partial charge is 0.0648 e. The zero-order chi connectivity index (χ0) is 9.15. The Labute approximate surface area is 80.3 Å². The first-order chi connectivity index (χ1) is 6.29. The van der Waals surface area contributed by atoms with Gasteiger partial charge in [-0.15, -0.1) is 0 Å². The van der Waals surface area contributed by atoms with E-state index in [1.54, 1.807) is 0 Å². The predicted octanol–water partition coefficient (Wildman–Crippen LogP) is 2.11. The second-order valence-corrected chi connectivity index (χ2v) is 4.70. The van der Waals surface area contributed by atoms with Crippen molar-refractivity contribution in [1.29, 1.82) is 0 Å². The second kappa shape index (κ2) is 3.97. The monoisotopic (exact) mass is 184 g/mol. The molecule has 1 N–H and O–H groups in total. The van der Waals surface area contributed by atoms with Gasteiger partial charge in [-0.1, -0.05) is 12.8 Å². The first-order valence-corrected chi connectivity index (χ1v) is 5.59. The van der Waals surface area contributed by atoms with Crippen LogP contribution >= 0.6 is 0 Å². The maximum atomic E-state index is 10.1. The summed E-state index contributed by atoms with van der Waals surface area (Å²) in [7, 11) is 0. The molecule has 0 aromatic carbocycles. The van der Waals surface area contributed by atoms with Gasteiger partial charge in [-0.3, -0.25) is 0 Å². The Hall–Kier alpha value is -0.0800. The van der Waals surface area contributed by atoms with Crippen molar-refractivity contribution < 1.29 is 9.84 Å². The highest BCUT2D eigenvalue weighted by atomic mass is 16.5. The van der Waals surface area contributed by atoms with Gasteiger partial charge in [0.1, 0.15) is 0 Å². The van der Waals surface area contributed by atoms with E-state index in [9.17, 15) is 5.11 Å². The third kappa shape index (κ3) is 2.44. The van der Waals surface area contributed by atoms with Crippen molar-refractivity contribution >= 4 is 0 Å². The van der Waals surface area contributed by atoms with E-state index >= 15 is 0 Å². The van der Waals surface area contributed by atoms with Crippen LogP contribution in [-0.4, -0.2) is 23.9 Å². The minimum absolute atomic E-state index is 0.303. The largest absolute Gasteiger partial charge is 0.390 e. The Balaban J connectivity index is 1.71. The van der Waals surface area contributed by atoms with Gasteiger partial charge in [0.2, 0.25) is 0 Å². The molecule has 2 heteroatoms. The van der Waals surface area contributed by atoms with Crippen molar-refractivity contribution in [3.05, 3.63) is 0 Å².